The zero-order valence-corrected chi connectivity index (χ0v) is 17.1. The lowest BCUT2D eigenvalue weighted by Gasteiger charge is -2.37. The number of urea groups is 1. The molecule has 0 bridgehead atoms. The number of aromatic nitrogens is 1. The van der Waals surface area contributed by atoms with E-state index < -0.39 is 0 Å². The van der Waals surface area contributed by atoms with Crippen LogP contribution < -0.4 is 14.9 Å². The van der Waals surface area contributed by atoms with E-state index in [1.54, 1.807) is 17.2 Å². The second-order valence-corrected chi connectivity index (χ2v) is 7.62. The Morgan fingerprint density at radius 1 is 1.00 bits per heavy atom. The first-order valence-electron chi connectivity index (χ1n) is 10.2. The molecule has 154 valence electrons. The summed E-state index contributed by atoms with van der Waals surface area (Å²) in [6.45, 7) is 1.64. The highest BCUT2D eigenvalue weighted by Gasteiger charge is 2.26. The van der Waals surface area contributed by atoms with Gasteiger partial charge in [-0.15, -0.1) is 0 Å². The third-order valence-corrected chi connectivity index (χ3v) is 5.70. The van der Waals surface area contributed by atoms with Crippen molar-refractivity contribution in [3.05, 3.63) is 84.3 Å². The van der Waals surface area contributed by atoms with Gasteiger partial charge in [-0.2, -0.15) is 4.73 Å². The van der Waals surface area contributed by atoms with Gasteiger partial charge in [-0.1, -0.05) is 42.5 Å². The van der Waals surface area contributed by atoms with E-state index >= 15 is 0 Å². The zero-order chi connectivity index (χ0) is 20.9. The van der Waals surface area contributed by atoms with Gasteiger partial charge in [0.25, 0.3) is 0 Å². The number of piperidine rings is 1. The minimum atomic E-state index is -0.0991. The molecular formula is C24H26N4O2. The molecule has 30 heavy (non-hydrogen) atoms. The predicted molar refractivity (Wildman–Crippen MR) is 119 cm³/mol. The highest BCUT2D eigenvalue weighted by molar-refractivity contribution is 5.89. The van der Waals surface area contributed by atoms with Crippen LogP contribution in [0.4, 0.5) is 16.2 Å². The van der Waals surface area contributed by atoms with Crippen molar-refractivity contribution in [2.45, 2.75) is 18.9 Å². The Kier molecular flexibility index (Phi) is 5.84. The van der Waals surface area contributed by atoms with Gasteiger partial charge in [0.15, 0.2) is 6.20 Å². The third-order valence-electron chi connectivity index (χ3n) is 5.70. The molecule has 0 radical (unpaired) electrons. The fourth-order valence-electron chi connectivity index (χ4n) is 3.90. The molecule has 1 aliphatic heterocycles. The van der Waals surface area contributed by atoms with Crippen LogP contribution in [0.5, 0.6) is 0 Å². The van der Waals surface area contributed by atoms with Crippen molar-refractivity contribution < 1.29 is 9.52 Å². The average molecular weight is 402 g/mol. The summed E-state index contributed by atoms with van der Waals surface area (Å²) >= 11 is 0. The number of benzene rings is 2. The normalized spacial score (nSPS) is 14.4. The second-order valence-electron chi connectivity index (χ2n) is 7.62. The van der Waals surface area contributed by atoms with Crippen molar-refractivity contribution in [2.75, 3.05) is 30.4 Å². The fourth-order valence-corrected chi connectivity index (χ4v) is 3.90. The van der Waals surface area contributed by atoms with Crippen molar-refractivity contribution in [3.8, 4) is 11.1 Å². The number of anilines is 2. The highest BCUT2D eigenvalue weighted by atomic mass is 16.5. The molecule has 4 rings (SSSR count). The number of hydrogen-bond acceptors (Lipinski definition) is 3. The number of rotatable bonds is 4. The molecule has 1 N–H and O–H groups in total. The standard InChI is InChI=1S/C24H26N4O2/c1-26(22-13-16-27(17-14-22)23-8-5-15-28(30)18-23)24(29)25-21-11-9-20(10-12-21)19-6-3-2-4-7-19/h2-12,15,18,22H,13-14,16-17H2,1H3,(H,25,29). The summed E-state index contributed by atoms with van der Waals surface area (Å²) in [5.74, 6) is 0. The molecule has 2 amide bonds. The summed E-state index contributed by atoms with van der Waals surface area (Å²) in [5, 5.41) is 14.5. The zero-order valence-electron chi connectivity index (χ0n) is 17.1. The molecule has 1 saturated heterocycles. The molecule has 3 aromatic rings. The Hall–Kier alpha value is -3.54. The van der Waals surface area contributed by atoms with Crippen LogP contribution >= 0.6 is 0 Å². The Bertz CT molecular complexity index is 984. The van der Waals surface area contributed by atoms with Gasteiger partial charge in [-0.25, -0.2) is 4.79 Å². The molecule has 0 aliphatic carbocycles. The first-order chi connectivity index (χ1) is 14.6. The van der Waals surface area contributed by atoms with Gasteiger partial charge in [0.2, 0.25) is 6.20 Å². The Morgan fingerprint density at radius 2 is 1.67 bits per heavy atom. The Morgan fingerprint density at radius 3 is 2.33 bits per heavy atom. The van der Waals surface area contributed by atoms with Crippen molar-refractivity contribution in [1.29, 1.82) is 0 Å². The van der Waals surface area contributed by atoms with Gasteiger partial charge >= 0.3 is 6.03 Å². The number of hydrogen-bond donors (Lipinski definition) is 1. The quantitative estimate of drug-likeness (QED) is 0.527. The Labute approximate surface area is 177 Å². The van der Waals surface area contributed by atoms with E-state index in [-0.39, 0.29) is 12.1 Å². The van der Waals surface area contributed by atoms with Gasteiger partial charge in [0.05, 0.1) is 0 Å². The number of carbonyl (C=O) groups excluding carboxylic acids is 1. The summed E-state index contributed by atoms with van der Waals surface area (Å²) in [6.07, 6.45) is 4.81. The van der Waals surface area contributed by atoms with Crippen LogP contribution in [0, 0.1) is 5.21 Å². The number of pyridine rings is 1. The summed E-state index contributed by atoms with van der Waals surface area (Å²) in [4.78, 5) is 16.7. The van der Waals surface area contributed by atoms with Gasteiger partial charge in [0, 0.05) is 37.9 Å². The van der Waals surface area contributed by atoms with E-state index in [0.717, 1.165) is 53.2 Å². The first-order valence-corrected chi connectivity index (χ1v) is 10.2. The van der Waals surface area contributed by atoms with Crippen LogP contribution in [0.15, 0.2) is 79.1 Å². The SMILES string of the molecule is CN(C(=O)Nc1ccc(-c2ccccc2)cc1)C1CCN(c2ccc[n+]([O-])c2)CC1. The molecule has 6 nitrogen and oxygen atoms in total. The monoisotopic (exact) mass is 402 g/mol. The smallest absolute Gasteiger partial charge is 0.321 e. The maximum atomic E-state index is 12.7. The van der Waals surface area contributed by atoms with E-state index in [2.05, 4.69) is 22.3 Å². The molecule has 1 aliphatic rings. The summed E-state index contributed by atoms with van der Waals surface area (Å²) in [6, 6.07) is 21.9. The van der Waals surface area contributed by atoms with Crippen LogP contribution in [0.25, 0.3) is 11.1 Å². The largest absolute Gasteiger partial charge is 0.619 e. The molecular weight excluding hydrogens is 376 g/mol. The van der Waals surface area contributed by atoms with Crippen molar-refractivity contribution in [2.24, 2.45) is 0 Å². The van der Waals surface area contributed by atoms with Crippen LogP contribution in [0.1, 0.15) is 12.8 Å². The van der Waals surface area contributed by atoms with E-state index in [1.165, 1.54) is 6.20 Å². The molecule has 0 atom stereocenters. The van der Waals surface area contributed by atoms with E-state index in [0.29, 0.717) is 0 Å². The number of carbonyl (C=O) groups is 1. The molecule has 0 saturated carbocycles. The molecule has 0 unspecified atom stereocenters. The lowest BCUT2D eigenvalue weighted by Crippen LogP contribution is -2.47. The summed E-state index contributed by atoms with van der Waals surface area (Å²) < 4.78 is 0.823. The fraction of sp³-hybridized carbons (Fsp3) is 0.250. The number of nitrogens with one attached hydrogen (secondary N) is 1. The molecule has 2 heterocycles. The minimum Gasteiger partial charge on any atom is -0.619 e. The van der Waals surface area contributed by atoms with E-state index in [4.69, 9.17) is 0 Å². The number of nitrogens with zero attached hydrogens (tertiary/aromatic N) is 3. The average Bonchev–Trinajstić information content (AvgIpc) is 2.80. The van der Waals surface area contributed by atoms with E-state index in [9.17, 15) is 10.0 Å². The predicted octanol–water partition coefficient (Wildman–Crippen LogP) is 4.12. The van der Waals surface area contributed by atoms with Gasteiger partial charge < -0.3 is 20.3 Å². The molecule has 1 aromatic heterocycles. The lowest BCUT2D eigenvalue weighted by molar-refractivity contribution is -0.604. The lowest BCUT2D eigenvalue weighted by atomic mass is 10.0. The van der Waals surface area contributed by atoms with Crippen LogP contribution in [0.2, 0.25) is 0 Å². The van der Waals surface area contributed by atoms with Crippen molar-refractivity contribution in [1.82, 2.24) is 4.90 Å². The Balaban J connectivity index is 1.32. The molecule has 0 spiro atoms. The van der Waals surface area contributed by atoms with Crippen molar-refractivity contribution >= 4 is 17.4 Å². The van der Waals surface area contributed by atoms with Crippen LogP contribution in [-0.2, 0) is 0 Å². The minimum absolute atomic E-state index is 0.0991. The van der Waals surface area contributed by atoms with Crippen LogP contribution in [-0.4, -0.2) is 37.1 Å². The maximum Gasteiger partial charge on any atom is 0.321 e. The highest BCUT2D eigenvalue weighted by Crippen LogP contribution is 2.23. The van der Waals surface area contributed by atoms with Crippen molar-refractivity contribution in [3.63, 3.8) is 0 Å². The number of amides is 2. The molecule has 6 heteroatoms. The van der Waals surface area contributed by atoms with Gasteiger partial charge in [-0.05, 0) is 42.2 Å². The summed E-state index contributed by atoms with van der Waals surface area (Å²) in [5.41, 5.74) is 3.99. The maximum absolute atomic E-state index is 12.7. The molecule has 2 aromatic carbocycles. The van der Waals surface area contributed by atoms with E-state index in [1.807, 2.05) is 55.6 Å². The molecule has 1 fully saturated rings. The van der Waals surface area contributed by atoms with Gasteiger partial charge in [-0.3, -0.25) is 0 Å². The summed E-state index contributed by atoms with van der Waals surface area (Å²) in [7, 11) is 1.85. The first kappa shape index (κ1) is 19.8. The van der Waals surface area contributed by atoms with Crippen LogP contribution in [0.3, 0.4) is 0 Å². The second kappa shape index (κ2) is 8.86. The third kappa shape index (κ3) is 4.54. The topological polar surface area (TPSA) is 62.5 Å². The van der Waals surface area contributed by atoms with Gasteiger partial charge in [0.1, 0.15) is 5.69 Å².